The number of H-pyrrole nitrogens is 1. The molecule has 0 fully saturated rings. The molecule has 0 amide bonds. The molecule has 84 valence electrons. The van der Waals surface area contributed by atoms with E-state index in [9.17, 15) is 13.2 Å². The predicted molar refractivity (Wildman–Crippen MR) is 52.6 cm³/mol. The first kappa shape index (κ1) is 11.5. The third-order valence-corrected chi connectivity index (χ3v) is 2.55. The molecule has 0 saturated carbocycles. The number of nitrogens with zero attached hydrogens (tertiary/aromatic N) is 1. The van der Waals surface area contributed by atoms with Crippen molar-refractivity contribution in [2.45, 2.75) is 6.92 Å². The molecular weight excluding hydrogens is 222 g/mol. The fraction of sp³-hybridized carbons (Fsp3) is 0.429. The van der Waals surface area contributed by atoms with E-state index in [1.165, 1.54) is 12.4 Å². The van der Waals surface area contributed by atoms with Gasteiger partial charge < -0.3 is 4.74 Å². The van der Waals surface area contributed by atoms with Crippen molar-refractivity contribution < 1.29 is 17.9 Å². The van der Waals surface area contributed by atoms with Gasteiger partial charge in [0.1, 0.15) is 0 Å². The van der Waals surface area contributed by atoms with Crippen molar-refractivity contribution in [1.29, 1.82) is 0 Å². The Kier molecular flexibility index (Phi) is 3.67. The summed E-state index contributed by atoms with van der Waals surface area (Å²) in [6.07, 6.45) is 2.66. The number of anilines is 1. The van der Waals surface area contributed by atoms with E-state index in [1.807, 2.05) is 0 Å². The van der Waals surface area contributed by atoms with Gasteiger partial charge in [-0.3, -0.25) is 14.6 Å². The maximum Gasteiger partial charge on any atom is 0.323 e. The number of carbonyl (C=O) groups is 1. The number of rotatable bonds is 5. The van der Waals surface area contributed by atoms with Crippen LogP contribution in [0.2, 0.25) is 0 Å². The van der Waals surface area contributed by atoms with E-state index >= 15 is 0 Å². The minimum atomic E-state index is -3.71. The average Bonchev–Trinajstić information content (AvgIpc) is 2.54. The first-order valence-electron chi connectivity index (χ1n) is 4.18. The third-order valence-electron chi connectivity index (χ3n) is 1.38. The van der Waals surface area contributed by atoms with Crippen LogP contribution in [0, 0.1) is 0 Å². The molecule has 0 spiro atoms. The van der Waals surface area contributed by atoms with Crippen LogP contribution in [0.3, 0.4) is 0 Å². The van der Waals surface area contributed by atoms with Crippen molar-refractivity contribution in [3.63, 3.8) is 0 Å². The van der Waals surface area contributed by atoms with Gasteiger partial charge in [0.05, 0.1) is 18.5 Å². The Morgan fingerprint density at radius 1 is 1.67 bits per heavy atom. The van der Waals surface area contributed by atoms with E-state index in [2.05, 4.69) is 19.7 Å². The Morgan fingerprint density at radius 2 is 2.40 bits per heavy atom. The number of nitrogens with one attached hydrogen (secondary N) is 2. The third kappa shape index (κ3) is 3.98. The summed E-state index contributed by atoms with van der Waals surface area (Å²) in [5.41, 5.74) is 0.277. The zero-order chi connectivity index (χ0) is 11.3. The van der Waals surface area contributed by atoms with E-state index < -0.39 is 21.7 Å². The van der Waals surface area contributed by atoms with Gasteiger partial charge in [-0.25, -0.2) is 8.42 Å². The molecule has 0 radical (unpaired) electrons. The lowest BCUT2D eigenvalue weighted by Gasteiger charge is -2.04. The number of hydrogen-bond acceptors (Lipinski definition) is 5. The van der Waals surface area contributed by atoms with Crippen LogP contribution in [0.1, 0.15) is 6.92 Å². The Bertz CT molecular complexity index is 411. The number of aromatic amines is 1. The van der Waals surface area contributed by atoms with Crippen LogP contribution in [0.25, 0.3) is 0 Å². The fourth-order valence-electron chi connectivity index (χ4n) is 0.880. The molecule has 0 atom stereocenters. The smallest absolute Gasteiger partial charge is 0.323 e. The number of carbonyl (C=O) groups excluding carboxylic acids is 1. The van der Waals surface area contributed by atoms with E-state index in [4.69, 9.17) is 0 Å². The highest BCUT2D eigenvalue weighted by atomic mass is 32.2. The Balaban J connectivity index is 2.57. The molecular formula is C7H11N3O4S. The van der Waals surface area contributed by atoms with Gasteiger partial charge >= 0.3 is 5.97 Å². The van der Waals surface area contributed by atoms with Gasteiger partial charge in [-0.05, 0) is 6.92 Å². The molecule has 7 nitrogen and oxygen atoms in total. The van der Waals surface area contributed by atoms with Gasteiger partial charge in [-0.2, -0.15) is 5.10 Å². The summed E-state index contributed by atoms with van der Waals surface area (Å²) in [4.78, 5) is 10.9. The van der Waals surface area contributed by atoms with Crippen LogP contribution < -0.4 is 4.72 Å². The highest BCUT2D eigenvalue weighted by molar-refractivity contribution is 7.93. The van der Waals surface area contributed by atoms with Crippen LogP contribution in [-0.4, -0.2) is 36.9 Å². The van der Waals surface area contributed by atoms with Crippen molar-refractivity contribution in [2.24, 2.45) is 0 Å². The van der Waals surface area contributed by atoms with Gasteiger partial charge in [-0.1, -0.05) is 0 Å². The van der Waals surface area contributed by atoms with Gasteiger partial charge in [0.25, 0.3) is 0 Å². The lowest BCUT2D eigenvalue weighted by Crippen LogP contribution is -2.24. The second-order valence-electron chi connectivity index (χ2n) is 2.65. The maximum atomic E-state index is 11.3. The molecule has 8 heteroatoms. The zero-order valence-corrected chi connectivity index (χ0v) is 8.87. The topological polar surface area (TPSA) is 101 Å². The predicted octanol–water partition coefficient (Wildman–Crippen LogP) is -0.286. The molecule has 1 rings (SSSR count). The van der Waals surface area contributed by atoms with Gasteiger partial charge in [0, 0.05) is 6.20 Å². The van der Waals surface area contributed by atoms with Gasteiger partial charge in [0.2, 0.25) is 10.0 Å². The summed E-state index contributed by atoms with van der Waals surface area (Å²) in [5.74, 6) is -1.49. The van der Waals surface area contributed by atoms with Crippen molar-refractivity contribution in [2.75, 3.05) is 17.1 Å². The lowest BCUT2D eigenvalue weighted by molar-refractivity contribution is -0.139. The minimum Gasteiger partial charge on any atom is -0.465 e. The summed E-state index contributed by atoms with van der Waals surface area (Å²) >= 11 is 0. The van der Waals surface area contributed by atoms with Gasteiger partial charge in [0.15, 0.2) is 5.75 Å². The molecule has 1 heterocycles. The van der Waals surface area contributed by atoms with Crippen molar-refractivity contribution in [1.82, 2.24) is 10.2 Å². The summed E-state index contributed by atoms with van der Waals surface area (Å²) in [5, 5.41) is 5.99. The van der Waals surface area contributed by atoms with Crippen molar-refractivity contribution in [3.8, 4) is 0 Å². The average molecular weight is 233 g/mol. The lowest BCUT2D eigenvalue weighted by atomic mass is 10.6. The zero-order valence-electron chi connectivity index (χ0n) is 8.06. The van der Waals surface area contributed by atoms with Crippen LogP contribution in [0.5, 0.6) is 0 Å². The van der Waals surface area contributed by atoms with Crippen LogP contribution in [-0.2, 0) is 19.6 Å². The van der Waals surface area contributed by atoms with Crippen LogP contribution in [0.15, 0.2) is 12.4 Å². The second kappa shape index (κ2) is 4.78. The number of ether oxygens (including phenoxy) is 1. The van der Waals surface area contributed by atoms with E-state index in [0.29, 0.717) is 0 Å². The minimum absolute atomic E-state index is 0.153. The van der Waals surface area contributed by atoms with Crippen LogP contribution >= 0.6 is 0 Å². The van der Waals surface area contributed by atoms with Crippen LogP contribution in [0.4, 0.5) is 5.69 Å². The number of sulfonamides is 1. The standard InChI is InChI=1S/C7H11N3O4S/c1-2-14-7(11)5-15(12,13)10-6-3-8-9-4-6/h3-4,10H,2,5H2,1H3,(H,8,9). The van der Waals surface area contributed by atoms with Crippen molar-refractivity contribution >= 4 is 21.7 Å². The molecule has 0 aromatic carbocycles. The van der Waals surface area contributed by atoms with E-state index in [0.717, 1.165) is 0 Å². The highest BCUT2D eigenvalue weighted by Crippen LogP contribution is 2.04. The molecule has 1 aromatic heterocycles. The Labute approximate surface area is 86.9 Å². The summed E-state index contributed by atoms with van der Waals surface area (Å²) in [7, 11) is -3.71. The summed E-state index contributed by atoms with van der Waals surface area (Å²) < 4.78 is 29.3. The van der Waals surface area contributed by atoms with E-state index in [-0.39, 0.29) is 12.3 Å². The molecule has 2 N–H and O–H groups in total. The molecule has 15 heavy (non-hydrogen) atoms. The molecule has 0 aliphatic carbocycles. The number of aromatic nitrogens is 2. The normalized spacial score (nSPS) is 11.0. The maximum absolute atomic E-state index is 11.3. The summed E-state index contributed by atoms with van der Waals surface area (Å²) in [6, 6.07) is 0. The number of hydrogen-bond donors (Lipinski definition) is 2. The quantitative estimate of drug-likeness (QED) is 0.681. The fourth-order valence-corrected chi connectivity index (χ4v) is 1.82. The molecule has 0 unspecified atom stereocenters. The van der Waals surface area contributed by atoms with E-state index in [1.54, 1.807) is 6.92 Å². The molecule has 1 aromatic rings. The highest BCUT2D eigenvalue weighted by Gasteiger charge is 2.17. The molecule has 0 aliphatic heterocycles. The second-order valence-corrected chi connectivity index (χ2v) is 4.38. The summed E-state index contributed by atoms with van der Waals surface area (Å²) in [6.45, 7) is 1.76. The first-order valence-corrected chi connectivity index (χ1v) is 5.83. The largest absolute Gasteiger partial charge is 0.465 e. The number of esters is 1. The first-order chi connectivity index (χ1) is 7.03. The Morgan fingerprint density at radius 3 is 2.93 bits per heavy atom. The molecule has 0 bridgehead atoms. The molecule has 0 saturated heterocycles. The SMILES string of the molecule is CCOC(=O)CS(=O)(=O)Nc1cn[nH]c1. The Hall–Kier alpha value is -1.57. The van der Waals surface area contributed by atoms with Crippen molar-refractivity contribution in [3.05, 3.63) is 12.4 Å². The van der Waals surface area contributed by atoms with Gasteiger partial charge in [-0.15, -0.1) is 0 Å². The monoisotopic (exact) mass is 233 g/mol. The molecule has 0 aliphatic rings.